The monoisotopic (exact) mass is 228 g/mol. The highest BCUT2D eigenvalue weighted by Crippen LogP contribution is 2.25. The smallest absolute Gasteiger partial charge is 0.129 e. The van der Waals surface area contributed by atoms with Crippen LogP contribution >= 0.6 is 0 Å². The second kappa shape index (κ2) is 4.74. The van der Waals surface area contributed by atoms with Crippen molar-refractivity contribution in [3.05, 3.63) is 34.9 Å². The molecule has 0 radical (unpaired) electrons. The quantitative estimate of drug-likeness (QED) is 0.863. The lowest BCUT2D eigenvalue weighted by Crippen LogP contribution is -2.04. The Bertz CT molecular complexity index is 544. The first-order chi connectivity index (χ1) is 8.17. The summed E-state index contributed by atoms with van der Waals surface area (Å²) < 4.78 is 0. The van der Waals surface area contributed by atoms with Crippen molar-refractivity contribution in [2.24, 2.45) is 0 Å². The maximum atomic E-state index is 4.78. The van der Waals surface area contributed by atoms with Gasteiger partial charge in [-0.2, -0.15) is 0 Å². The average molecular weight is 228 g/mol. The molecule has 0 saturated carbocycles. The third kappa shape index (κ3) is 2.12. The molecule has 1 aromatic carbocycles. The molecule has 1 heterocycles. The Morgan fingerprint density at radius 1 is 1.12 bits per heavy atom. The van der Waals surface area contributed by atoms with Gasteiger partial charge in [0.05, 0.1) is 5.52 Å². The minimum atomic E-state index is 0.913. The Labute approximate surface area is 103 Å². The first-order valence-electron chi connectivity index (χ1n) is 6.31. The first-order valence-corrected chi connectivity index (χ1v) is 6.31. The zero-order valence-electron chi connectivity index (χ0n) is 11.1. The van der Waals surface area contributed by atoms with Crippen LogP contribution in [0.15, 0.2) is 18.2 Å². The van der Waals surface area contributed by atoms with E-state index in [0.29, 0.717) is 0 Å². The molecule has 17 heavy (non-hydrogen) atoms. The number of pyridine rings is 1. The van der Waals surface area contributed by atoms with Crippen LogP contribution < -0.4 is 5.32 Å². The SMILES string of the molecule is CCNc1nc2c(C)ccc(C)c2cc1CC. The van der Waals surface area contributed by atoms with Gasteiger partial charge in [-0.15, -0.1) is 0 Å². The molecular formula is C15H20N2. The molecule has 90 valence electrons. The molecule has 0 aliphatic carbocycles. The summed E-state index contributed by atoms with van der Waals surface area (Å²) in [6.45, 7) is 9.46. The van der Waals surface area contributed by atoms with Gasteiger partial charge >= 0.3 is 0 Å². The molecule has 0 unspecified atom stereocenters. The first kappa shape index (κ1) is 11.9. The molecule has 1 N–H and O–H groups in total. The summed E-state index contributed by atoms with van der Waals surface area (Å²) in [7, 11) is 0. The van der Waals surface area contributed by atoms with Crippen LogP contribution in [0, 0.1) is 13.8 Å². The molecule has 2 rings (SSSR count). The van der Waals surface area contributed by atoms with Gasteiger partial charge in [-0.25, -0.2) is 4.98 Å². The van der Waals surface area contributed by atoms with Crippen molar-refractivity contribution in [1.82, 2.24) is 4.98 Å². The highest BCUT2D eigenvalue weighted by molar-refractivity contribution is 5.87. The molecular weight excluding hydrogens is 208 g/mol. The third-order valence-electron chi connectivity index (χ3n) is 3.21. The second-order valence-electron chi connectivity index (χ2n) is 4.48. The Morgan fingerprint density at radius 2 is 1.82 bits per heavy atom. The van der Waals surface area contributed by atoms with Crippen LogP contribution in [0.25, 0.3) is 10.9 Å². The predicted molar refractivity (Wildman–Crippen MR) is 74.8 cm³/mol. The number of aryl methyl sites for hydroxylation is 3. The van der Waals surface area contributed by atoms with E-state index in [1.165, 1.54) is 22.1 Å². The minimum Gasteiger partial charge on any atom is -0.370 e. The van der Waals surface area contributed by atoms with E-state index in [2.05, 4.69) is 51.2 Å². The molecule has 2 nitrogen and oxygen atoms in total. The Hall–Kier alpha value is -1.57. The number of hydrogen-bond acceptors (Lipinski definition) is 2. The predicted octanol–water partition coefficient (Wildman–Crippen LogP) is 3.85. The number of benzene rings is 1. The summed E-state index contributed by atoms with van der Waals surface area (Å²) in [6, 6.07) is 6.60. The Balaban J connectivity index is 2.73. The van der Waals surface area contributed by atoms with Gasteiger partial charge in [-0.3, -0.25) is 0 Å². The van der Waals surface area contributed by atoms with Crippen LogP contribution in [0.4, 0.5) is 5.82 Å². The summed E-state index contributed by atoms with van der Waals surface area (Å²) in [4.78, 5) is 4.78. The van der Waals surface area contributed by atoms with Crippen molar-refractivity contribution < 1.29 is 0 Å². The van der Waals surface area contributed by atoms with Crippen molar-refractivity contribution in [1.29, 1.82) is 0 Å². The molecule has 0 aliphatic rings. The van der Waals surface area contributed by atoms with E-state index in [4.69, 9.17) is 4.98 Å². The van der Waals surface area contributed by atoms with E-state index in [1.807, 2.05) is 0 Å². The van der Waals surface area contributed by atoms with Gasteiger partial charge in [0.25, 0.3) is 0 Å². The third-order valence-corrected chi connectivity index (χ3v) is 3.21. The number of hydrogen-bond donors (Lipinski definition) is 1. The van der Waals surface area contributed by atoms with Gasteiger partial charge in [0.15, 0.2) is 0 Å². The lowest BCUT2D eigenvalue weighted by atomic mass is 10.0. The maximum absolute atomic E-state index is 4.78. The molecule has 2 aromatic rings. The fourth-order valence-corrected chi connectivity index (χ4v) is 2.16. The molecule has 2 heteroatoms. The van der Waals surface area contributed by atoms with E-state index in [1.54, 1.807) is 0 Å². The topological polar surface area (TPSA) is 24.9 Å². The highest BCUT2D eigenvalue weighted by atomic mass is 15.0. The van der Waals surface area contributed by atoms with E-state index in [-0.39, 0.29) is 0 Å². The van der Waals surface area contributed by atoms with E-state index in [0.717, 1.165) is 24.3 Å². The maximum Gasteiger partial charge on any atom is 0.129 e. The van der Waals surface area contributed by atoms with Gasteiger partial charge in [0.2, 0.25) is 0 Å². The van der Waals surface area contributed by atoms with Crippen molar-refractivity contribution in [2.75, 3.05) is 11.9 Å². The van der Waals surface area contributed by atoms with Crippen LogP contribution in [0.5, 0.6) is 0 Å². The molecule has 1 aromatic heterocycles. The van der Waals surface area contributed by atoms with E-state index >= 15 is 0 Å². The van der Waals surface area contributed by atoms with Gasteiger partial charge in [-0.05, 0) is 49.9 Å². The largest absolute Gasteiger partial charge is 0.370 e. The van der Waals surface area contributed by atoms with Crippen LogP contribution in [0.3, 0.4) is 0 Å². The Kier molecular flexibility index (Phi) is 3.32. The van der Waals surface area contributed by atoms with Crippen molar-refractivity contribution in [3.8, 4) is 0 Å². The van der Waals surface area contributed by atoms with Crippen molar-refractivity contribution in [3.63, 3.8) is 0 Å². The number of anilines is 1. The summed E-state index contributed by atoms with van der Waals surface area (Å²) in [5.41, 5.74) is 4.97. The fourth-order valence-electron chi connectivity index (χ4n) is 2.16. The Morgan fingerprint density at radius 3 is 2.47 bits per heavy atom. The van der Waals surface area contributed by atoms with Crippen molar-refractivity contribution in [2.45, 2.75) is 34.1 Å². The van der Waals surface area contributed by atoms with Crippen molar-refractivity contribution >= 4 is 16.7 Å². The summed E-state index contributed by atoms with van der Waals surface area (Å²) in [6.07, 6.45) is 1.01. The summed E-state index contributed by atoms with van der Waals surface area (Å²) >= 11 is 0. The number of rotatable bonds is 3. The molecule has 0 amide bonds. The number of nitrogens with zero attached hydrogens (tertiary/aromatic N) is 1. The number of nitrogens with one attached hydrogen (secondary N) is 1. The molecule has 0 aliphatic heterocycles. The standard InChI is InChI=1S/C15H20N2/c1-5-12-9-13-10(3)7-8-11(4)14(13)17-15(12)16-6-2/h7-9H,5-6H2,1-4H3,(H,16,17). The molecule has 0 saturated heterocycles. The number of aromatic nitrogens is 1. The van der Waals surface area contributed by atoms with Gasteiger partial charge < -0.3 is 5.32 Å². The molecule has 0 fully saturated rings. The van der Waals surface area contributed by atoms with E-state index in [9.17, 15) is 0 Å². The van der Waals surface area contributed by atoms with Crippen LogP contribution in [-0.2, 0) is 6.42 Å². The van der Waals surface area contributed by atoms with E-state index < -0.39 is 0 Å². The molecule has 0 spiro atoms. The fraction of sp³-hybridized carbons (Fsp3) is 0.400. The normalized spacial score (nSPS) is 10.8. The lowest BCUT2D eigenvalue weighted by molar-refractivity contribution is 1.08. The van der Waals surface area contributed by atoms with Gasteiger partial charge in [0.1, 0.15) is 5.82 Å². The summed E-state index contributed by atoms with van der Waals surface area (Å²) in [5, 5.41) is 4.64. The van der Waals surface area contributed by atoms with Gasteiger partial charge in [0, 0.05) is 11.9 Å². The van der Waals surface area contributed by atoms with Crippen LogP contribution in [0.2, 0.25) is 0 Å². The number of fused-ring (bicyclic) bond motifs is 1. The second-order valence-corrected chi connectivity index (χ2v) is 4.48. The minimum absolute atomic E-state index is 0.913. The van der Waals surface area contributed by atoms with Crippen LogP contribution in [-0.4, -0.2) is 11.5 Å². The summed E-state index contributed by atoms with van der Waals surface area (Å²) in [5.74, 6) is 1.04. The highest BCUT2D eigenvalue weighted by Gasteiger charge is 2.08. The van der Waals surface area contributed by atoms with Crippen LogP contribution in [0.1, 0.15) is 30.5 Å². The van der Waals surface area contributed by atoms with Gasteiger partial charge in [-0.1, -0.05) is 19.1 Å². The lowest BCUT2D eigenvalue weighted by Gasteiger charge is -2.12. The zero-order chi connectivity index (χ0) is 12.4. The average Bonchev–Trinajstić information content (AvgIpc) is 2.34. The molecule has 0 bridgehead atoms. The zero-order valence-corrected chi connectivity index (χ0v) is 11.1. The molecule has 0 atom stereocenters.